The van der Waals surface area contributed by atoms with Gasteiger partial charge in [-0.1, -0.05) is 35.9 Å². The zero-order chi connectivity index (χ0) is 27.9. The van der Waals surface area contributed by atoms with Gasteiger partial charge in [0.15, 0.2) is 11.6 Å². The first-order valence-electron chi connectivity index (χ1n) is 11.7. The van der Waals surface area contributed by atoms with E-state index in [2.05, 4.69) is 5.10 Å². The maximum atomic E-state index is 15.5. The number of benzene rings is 3. The lowest BCUT2D eigenvalue weighted by Gasteiger charge is -2.13. The molecule has 0 amide bonds. The monoisotopic (exact) mass is 542 g/mol. The quantitative estimate of drug-likeness (QED) is 0.276. The van der Waals surface area contributed by atoms with Crippen molar-refractivity contribution in [2.75, 3.05) is 6.61 Å². The maximum absolute atomic E-state index is 15.5. The van der Waals surface area contributed by atoms with E-state index in [1.165, 1.54) is 35.0 Å². The summed E-state index contributed by atoms with van der Waals surface area (Å²) in [4.78, 5) is 24.8. The predicted molar refractivity (Wildman–Crippen MR) is 140 cm³/mol. The van der Waals surface area contributed by atoms with Crippen LogP contribution in [0.2, 0.25) is 5.02 Å². The largest absolute Gasteiger partial charge is 0.460 e. The Morgan fingerprint density at radius 2 is 1.74 bits per heavy atom. The third kappa shape index (κ3) is 6.48. The SMILES string of the molecule is Cc1cc(Cc2ccc(Cl)c(Oc3cc(C#N)cc(C#N)c3)c2F)nn(CCOC(=O)c2ccccc2)c1=O. The number of nitriles is 2. The van der Waals surface area contributed by atoms with E-state index in [0.29, 0.717) is 16.8 Å². The Morgan fingerprint density at radius 1 is 1.05 bits per heavy atom. The minimum atomic E-state index is -0.752. The van der Waals surface area contributed by atoms with Crippen molar-refractivity contribution < 1.29 is 18.7 Å². The lowest BCUT2D eigenvalue weighted by atomic mass is 10.1. The summed E-state index contributed by atoms with van der Waals surface area (Å²) in [5.41, 5.74) is 1.35. The number of nitrogens with zero attached hydrogens (tertiary/aromatic N) is 4. The number of hydrogen-bond acceptors (Lipinski definition) is 7. The van der Waals surface area contributed by atoms with Crippen LogP contribution in [0.15, 0.2) is 71.5 Å². The van der Waals surface area contributed by atoms with Crippen molar-refractivity contribution >= 4 is 17.6 Å². The van der Waals surface area contributed by atoms with Crippen molar-refractivity contribution in [1.82, 2.24) is 9.78 Å². The van der Waals surface area contributed by atoms with Gasteiger partial charge in [-0.3, -0.25) is 4.79 Å². The summed E-state index contributed by atoms with van der Waals surface area (Å²) in [6.07, 6.45) is 0.00592. The molecule has 0 fully saturated rings. The predicted octanol–water partition coefficient (Wildman–Crippen LogP) is 5.33. The van der Waals surface area contributed by atoms with Crippen LogP contribution in [0.3, 0.4) is 0 Å². The molecule has 1 aromatic heterocycles. The summed E-state index contributed by atoms with van der Waals surface area (Å²) < 4.78 is 27.6. The summed E-state index contributed by atoms with van der Waals surface area (Å²) in [7, 11) is 0. The highest BCUT2D eigenvalue weighted by Gasteiger charge is 2.18. The van der Waals surface area contributed by atoms with Gasteiger partial charge in [-0.15, -0.1) is 0 Å². The molecule has 4 aromatic rings. The van der Waals surface area contributed by atoms with Gasteiger partial charge in [0.1, 0.15) is 12.4 Å². The van der Waals surface area contributed by atoms with Crippen LogP contribution in [0.5, 0.6) is 11.5 Å². The van der Waals surface area contributed by atoms with Gasteiger partial charge in [-0.25, -0.2) is 13.9 Å². The summed E-state index contributed by atoms with van der Waals surface area (Å²) in [6.45, 7) is 1.55. The van der Waals surface area contributed by atoms with Gasteiger partial charge < -0.3 is 9.47 Å². The minimum Gasteiger partial charge on any atom is -0.460 e. The molecule has 3 aromatic carbocycles. The van der Waals surface area contributed by atoms with Gasteiger partial charge >= 0.3 is 5.97 Å². The van der Waals surface area contributed by atoms with E-state index in [0.717, 1.165) is 0 Å². The van der Waals surface area contributed by atoms with Crippen LogP contribution in [0.25, 0.3) is 0 Å². The Bertz CT molecular complexity index is 1660. The molecule has 0 aliphatic rings. The zero-order valence-electron chi connectivity index (χ0n) is 20.6. The van der Waals surface area contributed by atoms with Gasteiger partial charge in [0.2, 0.25) is 0 Å². The number of carbonyl (C=O) groups is 1. The fourth-order valence-corrected chi connectivity index (χ4v) is 3.95. The second kappa shape index (κ2) is 12.0. The molecule has 194 valence electrons. The van der Waals surface area contributed by atoms with Crippen LogP contribution in [0.1, 0.15) is 38.3 Å². The lowest BCUT2D eigenvalue weighted by molar-refractivity contribution is 0.0486. The first-order chi connectivity index (χ1) is 18.8. The van der Waals surface area contributed by atoms with E-state index < -0.39 is 11.8 Å². The van der Waals surface area contributed by atoms with Crippen LogP contribution in [0.4, 0.5) is 4.39 Å². The highest BCUT2D eigenvalue weighted by Crippen LogP contribution is 2.35. The summed E-state index contributed by atoms with van der Waals surface area (Å²) in [5, 5.41) is 22.7. The van der Waals surface area contributed by atoms with E-state index in [-0.39, 0.29) is 58.3 Å². The molecule has 8 nitrogen and oxygen atoms in total. The number of hydrogen-bond donors (Lipinski definition) is 0. The topological polar surface area (TPSA) is 118 Å². The molecular weight excluding hydrogens is 523 g/mol. The molecule has 0 unspecified atom stereocenters. The average Bonchev–Trinajstić information content (AvgIpc) is 2.95. The van der Waals surface area contributed by atoms with Crippen molar-refractivity contribution in [2.24, 2.45) is 0 Å². The number of carbonyl (C=O) groups excluding carboxylic acids is 1. The van der Waals surface area contributed by atoms with E-state index >= 15 is 4.39 Å². The van der Waals surface area contributed by atoms with Crippen LogP contribution in [-0.4, -0.2) is 22.4 Å². The molecule has 0 aliphatic heterocycles. The van der Waals surface area contributed by atoms with Crippen molar-refractivity contribution in [3.8, 4) is 23.6 Å². The smallest absolute Gasteiger partial charge is 0.338 e. The molecule has 0 saturated carbocycles. The number of aromatic nitrogens is 2. The first-order valence-corrected chi connectivity index (χ1v) is 12.1. The van der Waals surface area contributed by atoms with Gasteiger partial charge in [0, 0.05) is 12.0 Å². The van der Waals surface area contributed by atoms with Gasteiger partial charge in [-0.05, 0) is 55.0 Å². The number of esters is 1. The fourth-order valence-electron chi connectivity index (χ4n) is 3.77. The molecule has 0 aliphatic carbocycles. The van der Waals surface area contributed by atoms with E-state index in [4.69, 9.17) is 21.1 Å². The molecular formula is C29H20ClFN4O4. The van der Waals surface area contributed by atoms with Crippen LogP contribution in [0, 0.1) is 35.4 Å². The Labute approximate surface area is 228 Å². The van der Waals surface area contributed by atoms with Crippen LogP contribution >= 0.6 is 11.6 Å². The molecule has 0 atom stereocenters. The molecule has 4 rings (SSSR count). The molecule has 0 N–H and O–H groups in total. The highest BCUT2D eigenvalue weighted by molar-refractivity contribution is 6.32. The third-order valence-electron chi connectivity index (χ3n) is 5.64. The first kappa shape index (κ1) is 27.1. The molecule has 10 heteroatoms. The number of ether oxygens (including phenoxy) is 2. The molecule has 0 spiro atoms. The molecule has 0 radical (unpaired) electrons. The van der Waals surface area contributed by atoms with Crippen LogP contribution < -0.4 is 10.3 Å². The van der Waals surface area contributed by atoms with Crippen molar-refractivity contribution in [3.63, 3.8) is 0 Å². The second-order valence-electron chi connectivity index (χ2n) is 8.45. The fraction of sp³-hybridized carbons (Fsp3) is 0.138. The number of rotatable bonds is 8. The van der Waals surface area contributed by atoms with Crippen molar-refractivity contribution in [2.45, 2.75) is 19.9 Å². The van der Waals surface area contributed by atoms with Crippen molar-refractivity contribution in [1.29, 1.82) is 10.5 Å². The third-order valence-corrected chi connectivity index (χ3v) is 5.93. The molecule has 39 heavy (non-hydrogen) atoms. The van der Waals surface area contributed by atoms with Gasteiger partial charge in [-0.2, -0.15) is 15.6 Å². The Morgan fingerprint density at radius 3 is 2.41 bits per heavy atom. The highest BCUT2D eigenvalue weighted by atomic mass is 35.5. The van der Waals surface area contributed by atoms with E-state index in [1.54, 1.807) is 43.3 Å². The molecule has 1 heterocycles. The van der Waals surface area contributed by atoms with Crippen molar-refractivity contribution in [3.05, 3.63) is 121 Å². The normalized spacial score (nSPS) is 10.4. The van der Waals surface area contributed by atoms with Gasteiger partial charge in [0.25, 0.3) is 5.56 Å². The zero-order valence-corrected chi connectivity index (χ0v) is 21.4. The molecule has 0 saturated heterocycles. The van der Waals surface area contributed by atoms with Gasteiger partial charge in [0.05, 0.1) is 46.1 Å². The summed E-state index contributed by atoms with van der Waals surface area (Å²) >= 11 is 6.20. The average molecular weight is 543 g/mol. The van der Waals surface area contributed by atoms with E-state index in [9.17, 15) is 20.1 Å². The number of aryl methyl sites for hydroxylation is 1. The van der Waals surface area contributed by atoms with E-state index in [1.807, 2.05) is 12.1 Å². The summed E-state index contributed by atoms with van der Waals surface area (Å²) in [6, 6.07) is 20.9. The second-order valence-corrected chi connectivity index (χ2v) is 8.85. The maximum Gasteiger partial charge on any atom is 0.338 e. The van der Waals surface area contributed by atoms with Crippen LogP contribution in [-0.2, 0) is 17.7 Å². The minimum absolute atomic E-state index is 0.00592. The Hall–Kier alpha value is -4.99. The summed E-state index contributed by atoms with van der Waals surface area (Å²) in [5.74, 6) is -1.46. The lowest BCUT2D eigenvalue weighted by Crippen LogP contribution is -2.28. The Kier molecular flexibility index (Phi) is 8.35. The molecule has 0 bridgehead atoms. The number of halogens is 2. The Balaban J connectivity index is 1.54. The standard InChI is InChI=1S/C29H20ClFN4O4/c1-18-11-23(34-35(28(18)36)9-10-38-29(37)21-5-3-2-4-6-21)15-22-7-8-25(30)27(26(22)31)39-24-13-19(16-32)12-20(14-24)17-33/h2-8,11-14H,9-10,15H2,1H3.